The first kappa shape index (κ1) is 10.6. The first-order valence-electron chi connectivity index (χ1n) is 4.90. The van der Waals surface area contributed by atoms with Crippen LogP contribution in [0.1, 0.15) is 10.4 Å². The third-order valence-corrected chi connectivity index (χ3v) is 2.41. The number of hydrogen-bond donors (Lipinski definition) is 1. The van der Waals surface area contributed by atoms with Crippen molar-refractivity contribution in [2.75, 3.05) is 24.7 Å². The lowest BCUT2D eigenvalue weighted by molar-refractivity contribution is -0.125. The van der Waals surface area contributed by atoms with Gasteiger partial charge in [-0.15, -0.1) is 0 Å². The number of ether oxygens (including phenoxy) is 1. The normalized spacial score (nSPS) is 16.2. The molecule has 1 aromatic rings. The zero-order valence-electron chi connectivity index (χ0n) is 8.55. The number of carbonyl (C=O) groups is 2. The Bertz CT molecular complexity index is 430. The average Bonchev–Trinajstić information content (AvgIpc) is 2.29. The summed E-state index contributed by atoms with van der Waals surface area (Å²) in [6, 6.07) is 6.47. The van der Waals surface area contributed by atoms with Gasteiger partial charge in [-0.3, -0.25) is 4.79 Å². The number of rotatable bonds is 2. The van der Waals surface area contributed by atoms with Gasteiger partial charge in [0.15, 0.2) is 0 Å². The third kappa shape index (κ3) is 1.90. The van der Waals surface area contributed by atoms with Gasteiger partial charge in [0, 0.05) is 6.54 Å². The molecule has 0 atom stereocenters. The van der Waals surface area contributed by atoms with Crippen LogP contribution in [0.15, 0.2) is 24.3 Å². The smallest absolute Gasteiger partial charge is 0.337 e. The molecule has 0 saturated carbocycles. The SMILES string of the molecule is O=C(O)c1ccccc1N1CCOCC1=O. The second kappa shape index (κ2) is 4.32. The summed E-state index contributed by atoms with van der Waals surface area (Å²) in [5.74, 6) is -1.24. The van der Waals surface area contributed by atoms with E-state index in [4.69, 9.17) is 9.84 Å². The summed E-state index contributed by atoms with van der Waals surface area (Å²) in [4.78, 5) is 24.0. The molecule has 0 aliphatic carbocycles. The zero-order valence-corrected chi connectivity index (χ0v) is 8.55. The molecule has 1 heterocycles. The molecular formula is C11H11NO4. The average molecular weight is 221 g/mol. The van der Waals surface area contributed by atoms with Crippen molar-refractivity contribution in [3.63, 3.8) is 0 Å². The fourth-order valence-electron chi connectivity index (χ4n) is 1.66. The number of carboxylic acids is 1. The number of para-hydroxylation sites is 1. The van der Waals surface area contributed by atoms with E-state index < -0.39 is 5.97 Å². The van der Waals surface area contributed by atoms with E-state index in [1.54, 1.807) is 18.2 Å². The highest BCUT2D eigenvalue weighted by atomic mass is 16.5. The van der Waals surface area contributed by atoms with Gasteiger partial charge in [0.1, 0.15) is 6.61 Å². The maximum atomic E-state index is 11.6. The summed E-state index contributed by atoms with van der Waals surface area (Å²) in [6.07, 6.45) is 0. The topological polar surface area (TPSA) is 66.8 Å². The summed E-state index contributed by atoms with van der Waals surface area (Å²) >= 11 is 0. The lowest BCUT2D eigenvalue weighted by atomic mass is 10.1. The maximum Gasteiger partial charge on any atom is 0.337 e. The Hall–Kier alpha value is -1.88. The summed E-state index contributed by atoms with van der Waals surface area (Å²) in [5, 5.41) is 9.01. The predicted octanol–water partition coefficient (Wildman–Crippen LogP) is 0.748. The van der Waals surface area contributed by atoms with Crippen LogP contribution >= 0.6 is 0 Å². The van der Waals surface area contributed by atoms with E-state index in [0.29, 0.717) is 18.8 Å². The molecule has 5 heteroatoms. The Morgan fingerprint density at radius 3 is 2.81 bits per heavy atom. The molecule has 1 amide bonds. The zero-order chi connectivity index (χ0) is 11.5. The Balaban J connectivity index is 2.38. The van der Waals surface area contributed by atoms with Crippen LogP contribution in [0.3, 0.4) is 0 Å². The summed E-state index contributed by atoms with van der Waals surface area (Å²) < 4.78 is 5.00. The van der Waals surface area contributed by atoms with E-state index in [1.165, 1.54) is 11.0 Å². The lowest BCUT2D eigenvalue weighted by Crippen LogP contribution is -2.42. The van der Waals surface area contributed by atoms with Crippen molar-refractivity contribution in [1.82, 2.24) is 0 Å². The minimum atomic E-state index is -1.03. The van der Waals surface area contributed by atoms with Crippen molar-refractivity contribution in [2.45, 2.75) is 0 Å². The second-order valence-electron chi connectivity index (χ2n) is 3.42. The molecule has 1 N–H and O–H groups in total. The molecule has 5 nitrogen and oxygen atoms in total. The quantitative estimate of drug-likeness (QED) is 0.800. The number of morpholine rings is 1. The molecule has 0 aromatic heterocycles. The van der Waals surface area contributed by atoms with Gasteiger partial charge >= 0.3 is 5.97 Å². The van der Waals surface area contributed by atoms with Crippen LogP contribution in [-0.2, 0) is 9.53 Å². The van der Waals surface area contributed by atoms with Gasteiger partial charge in [0.25, 0.3) is 5.91 Å². The molecule has 2 rings (SSSR count). The van der Waals surface area contributed by atoms with Crippen molar-refractivity contribution in [3.8, 4) is 0 Å². The number of benzene rings is 1. The largest absolute Gasteiger partial charge is 0.478 e. The van der Waals surface area contributed by atoms with Crippen molar-refractivity contribution in [1.29, 1.82) is 0 Å². The van der Waals surface area contributed by atoms with Crippen molar-refractivity contribution >= 4 is 17.6 Å². The van der Waals surface area contributed by atoms with Gasteiger partial charge < -0.3 is 14.7 Å². The van der Waals surface area contributed by atoms with Crippen LogP contribution in [0.25, 0.3) is 0 Å². The number of hydrogen-bond acceptors (Lipinski definition) is 3. The Morgan fingerprint density at radius 2 is 2.12 bits per heavy atom. The number of nitrogens with zero attached hydrogens (tertiary/aromatic N) is 1. The molecule has 0 unspecified atom stereocenters. The first-order valence-corrected chi connectivity index (χ1v) is 4.90. The molecule has 1 saturated heterocycles. The fraction of sp³-hybridized carbons (Fsp3) is 0.273. The van der Waals surface area contributed by atoms with Crippen LogP contribution < -0.4 is 4.90 Å². The summed E-state index contributed by atoms with van der Waals surface area (Å²) in [7, 11) is 0. The van der Waals surface area contributed by atoms with Crippen molar-refractivity contribution in [3.05, 3.63) is 29.8 Å². The van der Waals surface area contributed by atoms with E-state index in [1.807, 2.05) is 0 Å². The third-order valence-electron chi connectivity index (χ3n) is 2.41. The van der Waals surface area contributed by atoms with Gasteiger partial charge in [0.2, 0.25) is 0 Å². The molecule has 1 aromatic carbocycles. The number of aromatic carboxylic acids is 1. The minimum Gasteiger partial charge on any atom is -0.478 e. The van der Waals surface area contributed by atoms with Crippen LogP contribution in [-0.4, -0.2) is 36.7 Å². The van der Waals surface area contributed by atoms with E-state index in [0.717, 1.165) is 0 Å². The number of carboxylic acid groups (broad SMARTS) is 1. The second-order valence-corrected chi connectivity index (χ2v) is 3.42. The molecule has 1 aliphatic heterocycles. The van der Waals surface area contributed by atoms with Crippen LogP contribution in [0.5, 0.6) is 0 Å². The van der Waals surface area contributed by atoms with E-state index >= 15 is 0 Å². The van der Waals surface area contributed by atoms with E-state index in [9.17, 15) is 9.59 Å². The van der Waals surface area contributed by atoms with Crippen LogP contribution in [0.2, 0.25) is 0 Å². The van der Waals surface area contributed by atoms with E-state index in [-0.39, 0.29) is 18.1 Å². The van der Waals surface area contributed by atoms with Crippen molar-refractivity contribution < 1.29 is 19.4 Å². The highest BCUT2D eigenvalue weighted by Crippen LogP contribution is 2.21. The summed E-state index contributed by atoms with van der Waals surface area (Å²) in [6.45, 7) is 0.830. The number of carbonyl (C=O) groups excluding carboxylic acids is 1. The van der Waals surface area contributed by atoms with E-state index in [2.05, 4.69) is 0 Å². The lowest BCUT2D eigenvalue weighted by Gasteiger charge is -2.27. The minimum absolute atomic E-state index is 0.00789. The van der Waals surface area contributed by atoms with Gasteiger partial charge in [0.05, 0.1) is 17.9 Å². The van der Waals surface area contributed by atoms with Gasteiger partial charge in [-0.1, -0.05) is 12.1 Å². The summed E-state index contributed by atoms with van der Waals surface area (Å²) in [5.41, 5.74) is 0.570. The number of anilines is 1. The molecule has 1 fully saturated rings. The van der Waals surface area contributed by atoms with Crippen LogP contribution in [0.4, 0.5) is 5.69 Å². The molecule has 16 heavy (non-hydrogen) atoms. The predicted molar refractivity (Wildman–Crippen MR) is 56.6 cm³/mol. The van der Waals surface area contributed by atoms with Gasteiger partial charge in [-0.05, 0) is 12.1 Å². The Kier molecular flexibility index (Phi) is 2.87. The highest BCUT2D eigenvalue weighted by Gasteiger charge is 2.23. The van der Waals surface area contributed by atoms with Gasteiger partial charge in [-0.25, -0.2) is 4.79 Å². The van der Waals surface area contributed by atoms with Crippen LogP contribution in [0, 0.1) is 0 Å². The molecule has 0 bridgehead atoms. The molecular weight excluding hydrogens is 210 g/mol. The fourth-order valence-corrected chi connectivity index (χ4v) is 1.66. The van der Waals surface area contributed by atoms with Gasteiger partial charge in [-0.2, -0.15) is 0 Å². The molecule has 1 aliphatic rings. The first-order chi connectivity index (χ1) is 7.70. The monoisotopic (exact) mass is 221 g/mol. The standard InChI is InChI=1S/C11H11NO4/c13-10-7-16-6-5-12(10)9-4-2-1-3-8(9)11(14)15/h1-4H,5-7H2,(H,14,15). The molecule has 0 spiro atoms. The molecule has 84 valence electrons. The highest BCUT2D eigenvalue weighted by molar-refractivity contribution is 6.02. The molecule has 0 radical (unpaired) electrons. The number of amides is 1. The maximum absolute atomic E-state index is 11.6. The Labute approximate surface area is 92.2 Å². The van der Waals surface area contributed by atoms with Crippen molar-refractivity contribution in [2.24, 2.45) is 0 Å². The Morgan fingerprint density at radius 1 is 1.38 bits per heavy atom.